The number of hydrogen-bond donors (Lipinski definition) is 2. The molecule has 1 aromatic rings. The lowest BCUT2D eigenvalue weighted by molar-refractivity contribution is -0.141. The summed E-state index contributed by atoms with van der Waals surface area (Å²) in [7, 11) is 0. The molecule has 1 rings (SSSR count). The van der Waals surface area contributed by atoms with Crippen molar-refractivity contribution in [1.29, 1.82) is 0 Å². The number of halogens is 1. The SMILES string of the molecule is CCCCCNC(=O)C(C)(C)C(=O)NCc1ccccc1Cl. The molecular weight excluding hydrogens is 300 g/mol. The van der Waals surface area contributed by atoms with Crippen molar-refractivity contribution in [3.05, 3.63) is 34.9 Å². The fourth-order valence-electron chi connectivity index (χ4n) is 1.94. The van der Waals surface area contributed by atoms with E-state index in [-0.39, 0.29) is 11.8 Å². The summed E-state index contributed by atoms with van der Waals surface area (Å²) >= 11 is 6.05. The van der Waals surface area contributed by atoms with Crippen LogP contribution in [0.15, 0.2) is 24.3 Å². The second-order valence-corrected chi connectivity index (χ2v) is 6.27. The van der Waals surface area contributed by atoms with Gasteiger partial charge in [-0.15, -0.1) is 0 Å². The first-order chi connectivity index (χ1) is 10.4. The van der Waals surface area contributed by atoms with Crippen LogP contribution in [-0.4, -0.2) is 18.4 Å². The van der Waals surface area contributed by atoms with Crippen LogP contribution in [0.4, 0.5) is 0 Å². The molecule has 122 valence electrons. The highest BCUT2D eigenvalue weighted by molar-refractivity contribution is 6.31. The average molecular weight is 325 g/mol. The summed E-state index contributed by atoms with van der Waals surface area (Å²) in [6, 6.07) is 7.31. The van der Waals surface area contributed by atoms with Gasteiger partial charge in [0.1, 0.15) is 5.41 Å². The molecular formula is C17H25ClN2O2. The van der Waals surface area contributed by atoms with E-state index in [1.54, 1.807) is 19.9 Å². The minimum absolute atomic E-state index is 0.250. The summed E-state index contributed by atoms with van der Waals surface area (Å²) in [6.45, 7) is 6.28. The molecule has 1 aromatic carbocycles. The molecule has 0 atom stereocenters. The van der Waals surface area contributed by atoms with Crippen molar-refractivity contribution in [3.63, 3.8) is 0 Å². The largest absolute Gasteiger partial charge is 0.355 e. The molecule has 0 bridgehead atoms. The van der Waals surface area contributed by atoms with Crippen molar-refractivity contribution in [2.75, 3.05) is 6.54 Å². The van der Waals surface area contributed by atoms with Crippen LogP contribution in [-0.2, 0) is 16.1 Å². The molecule has 0 spiro atoms. The molecule has 0 aliphatic carbocycles. The molecule has 4 nitrogen and oxygen atoms in total. The van der Waals surface area contributed by atoms with Gasteiger partial charge < -0.3 is 10.6 Å². The van der Waals surface area contributed by atoms with Crippen LogP contribution in [0.5, 0.6) is 0 Å². The molecule has 0 saturated heterocycles. The fourth-order valence-corrected chi connectivity index (χ4v) is 2.14. The second-order valence-electron chi connectivity index (χ2n) is 5.86. The van der Waals surface area contributed by atoms with E-state index in [2.05, 4.69) is 17.6 Å². The Morgan fingerprint density at radius 2 is 1.73 bits per heavy atom. The predicted octanol–water partition coefficient (Wildman–Crippen LogP) is 3.29. The number of carbonyl (C=O) groups is 2. The summed E-state index contributed by atoms with van der Waals surface area (Å²) in [5.41, 5.74) is -0.273. The number of nitrogens with one attached hydrogen (secondary N) is 2. The summed E-state index contributed by atoms with van der Waals surface area (Å²) in [4.78, 5) is 24.4. The van der Waals surface area contributed by atoms with Crippen LogP contribution in [0.3, 0.4) is 0 Å². The molecule has 0 aromatic heterocycles. The van der Waals surface area contributed by atoms with Gasteiger partial charge in [-0.25, -0.2) is 0 Å². The standard InChI is InChI=1S/C17H25ClN2O2/c1-4-5-8-11-19-15(21)17(2,3)16(22)20-12-13-9-6-7-10-14(13)18/h6-7,9-10H,4-5,8,11-12H2,1-3H3,(H,19,21)(H,20,22). The lowest BCUT2D eigenvalue weighted by atomic mass is 9.91. The van der Waals surface area contributed by atoms with E-state index in [1.807, 2.05) is 18.2 Å². The highest BCUT2D eigenvalue weighted by Crippen LogP contribution is 2.18. The van der Waals surface area contributed by atoms with Crippen molar-refractivity contribution < 1.29 is 9.59 Å². The zero-order valence-electron chi connectivity index (χ0n) is 13.5. The van der Waals surface area contributed by atoms with Crippen LogP contribution in [0.1, 0.15) is 45.6 Å². The zero-order valence-corrected chi connectivity index (χ0v) is 14.3. The van der Waals surface area contributed by atoms with Gasteiger partial charge in [-0.2, -0.15) is 0 Å². The van der Waals surface area contributed by atoms with Gasteiger partial charge in [0, 0.05) is 18.1 Å². The summed E-state index contributed by atoms with van der Waals surface area (Å²) in [5.74, 6) is -0.555. The van der Waals surface area contributed by atoms with E-state index in [4.69, 9.17) is 11.6 Å². The molecule has 0 fully saturated rings. The van der Waals surface area contributed by atoms with E-state index in [1.165, 1.54) is 0 Å². The van der Waals surface area contributed by atoms with E-state index < -0.39 is 5.41 Å². The summed E-state index contributed by atoms with van der Waals surface area (Å²) in [5, 5.41) is 6.20. The topological polar surface area (TPSA) is 58.2 Å². The molecule has 0 unspecified atom stereocenters. The van der Waals surface area contributed by atoms with Crippen LogP contribution >= 0.6 is 11.6 Å². The van der Waals surface area contributed by atoms with Gasteiger partial charge in [0.05, 0.1) is 0 Å². The van der Waals surface area contributed by atoms with E-state index in [0.717, 1.165) is 24.8 Å². The number of rotatable bonds is 8. The maximum Gasteiger partial charge on any atom is 0.235 e. The smallest absolute Gasteiger partial charge is 0.235 e. The number of unbranched alkanes of at least 4 members (excludes halogenated alkanes) is 2. The normalized spacial score (nSPS) is 11.1. The molecule has 0 aliphatic heterocycles. The van der Waals surface area contributed by atoms with Gasteiger partial charge >= 0.3 is 0 Å². The Hall–Kier alpha value is -1.55. The van der Waals surface area contributed by atoms with E-state index in [0.29, 0.717) is 18.1 Å². The Balaban J connectivity index is 2.51. The lowest BCUT2D eigenvalue weighted by Gasteiger charge is -2.23. The maximum absolute atomic E-state index is 12.3. The first kappa shape index (κ1) is 18.5. The van der Waals surface area contributed by atoms with Gasteiger partial charge in [0.15, 0.2) is 0 Å². The first-order valence-electron chi connectivity index (χ1n) is 7.69. The average Bonchev–Trinajstić information content (AvgIpc) is 2.50. The van der Waals surface area contributed by atoms with Crippen molar-refractivity contribution in [2.45, 2.75) is 46.6 Å². The molecule has 2 amide bonds. The highest BCUT2D eigenvalue weighted by atomic mass is 35.5. The van der Waals surface area contributed by atoms with Crippen LogP contribution < -0.4 is 10.6 Å². The molecule has 0 saturated carbocycles. The quantitative estimate of drug-likeness (QED) is 0.569. The van der Waals surface area contributed by atoms with Crippen molar-refractivity contribution >= 4 is 23.4 Å². The van der Waals surface area contributed by atoms with Crippen LogP contribution in [0.25, 0.3) is 0 Å². The number of carbonyl (C=O) groups excluding carboxylic acids is 2. The number of hydrogen-bond acceptors (Lipinski definition) is 2. The first-order valence-corrected chi connectivity index (χ1v) is 8.07. The molecule has 0 aliphatic rings. The second kappa shape index (κ2) is 8.79. The van der Waals surface area contributed by atoms with Crippen molar-refractivity contribution in [1.82, 2.24) is 10.6 Å². The number of amides is 2. The molecule has 22 heavy (non-hydrogen) atoms. The zero-order chi connectivity index (χ0) is 16.6. The van der Waals surface area contributed by atoms with Crippen molar-refractivity contribution in [2.24, 2.45) is 5.41 Å². The third-order valence-corrected chi connectivity index (χ3v) is 3.97. The number of benzene rings is 1. The van der Waals surface area contributed by atoms with Gasteiger partial charge in [-0.1, -0.05) is 49.6 Å². The van der Waals surface area contributed by atoms with E-state index in [9.17, 15) is 9.59 Å². The van der Waals surface area contributed by atoms with Gasteiger partial charge in [-0.05, 0) is 31.9 Å². The third kappa shape index (κ3) is 5.34. The maximum atomic E-state index is 12.3. The Labute approximate surface area is 137 Å². The predicted molar refractivity (Wildman–Crippen MR) is 89.6 cm³/mol. The highest BCUT2D eigenvalue weighted by Gasteiger charge is 2.35. The van der Waals surface area contributed by atoms with E-state index >= 15 is 0 Å². The fraction of sp³-hybridized carbons (Fsp3) is 0.529. The molecule has 5 heteroatoms. The Morgan fingerprint density at radius 3 is 2.36 bits per heavy atom. The summed E-state index contributed by atoms with van der Waals surface area (Å²) < 4.78 is 0. The molecule has 0 radical (unpaired) electrons. The van der Waals surface area contributed by atoms with Crippen molar-refractivity contribution in [3.8, 4) is 0 Å². The Kier molecular flexibility index (Phi) is 7.39. The molecule has 0 heterocycles. The minimum Gasteiger partial charge on any atom is -0.355 e. The third-order valence-electron chi connectivity index (χ3n) is 3.60. The monoisotopic (exact) mass is 324 g/mol. The van der Waals surface area contributed by atoms with Crippen LogP contribution in [0, 0.1) is 5.41 Å². The van der Waals surface area contributed by atoms with Gasteiger partial charge in [0.25, 0.3) is 0 Å². The Morgan fingerprint density at radius 1 is 1.09 bits per heavy atom. The van der Waals surface area contributed by atoms with Gasteiger partial charge in [-0.3, -0.25) is 9.59 Å². The minimum atomic E-state index is -1.10. The lowest BCUT2D eigenvalue weighted by Crippen LogP contribution is -2.47. The Bertz CT molecular complexity index is 515. The summed E-state index contributed by atoms with van der Waals surface area (Å²) in [6.07, 6.45) is 3.09. The van der Waals surface area contributed by atoms with Gasteiger partial charge in [0.2, 0.25) is 11.8 Å². The van der Waals surface area contributed by atoms with Crippen LogP contribution in [0.2, 0.25) is 5.02 Å². The molecule has 2 N–H and O–H groups in total.